The molecule has 162 valence electrons. The Morgan fingerprint density at radius 1 is 1.21 bits per heavy atom. The van der Waals surface area contributed by atoms with Gasteiger partial charge in [-0.1, -0.05) is 6.07 Å². The third kappa shape index (κ3) is 4.59. The number of hydrogen-bond donors (Lipinski definition) is 1. The first-order valence-electron chi connectivity index (χ1n) is 9.72. The summed E-state index contributed by atoms with van der Waals surface area (Å²) in [7, 11) is -4.11. The van der Waals surface area contributed by atoms with Gasteiger partial charge >= 0.3 is 6.18 Å². The van der Waals surface area contributed by atoms with E-state index in [1.807, 2.05) is 0 Å². The number of sulfonamides is 1. The van der Waals surface area contributed by atoms with Gasteiger partial charge in [-0.15, -0.1) is 0 Å². The molecule has 1 amide bonds. The number of alkyl halides is 3. The van der Waals surface area contributed by atoms with Crippen molar-refractivity contribution in [1.82, 2.24) is 14.5 Å². The number of hydrogen-bond acceptors (Lipinski definition) is 4. The molecule has 2 saturated heterocycles. The van der Waals surface area contributed by atoms with E-state index in [0.717, 1.165) is 12.1 Å². The Morgan fingerprint density at radius 3 is 2.31 bits per heavy atom. The van der Waals surface area contributed by atoms with Crippen LogP contribution in [0.1, 0.15) is 32.3 Å². The van der Waals surface area contributed by atoms with Crippen LogP contribution < -0.4 is 5.32 Å². The molecule has 6 nitrogen and oxygen atoms in total. The molecule has 2 aliphatic heterocycles. The first-order valence-corrected chi connectivity index (χ1v) is 11.2. The molecule has 0 bridgehead atoms. The Labute approximate surface area is 169 Å². The molecule has 1 aromatic carbocycles. The van der Waals surface area contributed by atoms with Crippen LogP contribution in [-0.4, -0.2) is 61.8 Å². The van der Waals surface area contributed by atoms with Crippen LogP contribution >= 0.6 is 0 Å². The fourth-order valence-electron chi connectivity index (χ4n) is 3.91. The van der Waals surface area contributed by atoms with Crippen molar-refractivity contribution in [2.24, 2.45) is 5.92 Å². The molecular weight excluding hydrogens is 407 g/mol. The van der Waals surface area contributed by atoms with Crippen LogP contribution in [0.2, 0.25) is 0 Å². The number of benzene rings is 1. The summed E-state index contributed by atoms with van der Waals surface area (Å²) >= 11 is 0. The van der Waals surface area contributed by atoms with Gasteiger partial charge < -0.3 is 10.2 Å². The van der Waals surface area contributed by atoms with Gasteiger partial charge in [0.25, 0.3) is 0 Å². The summed E-state index contributed by atoms with van der Waals surface area (Å²) in [6, 6.07) is 3.07. The number of rotatable bonds is 5. The smallest absolute Gasteiger partial charge is 0.342 e. The normalized spacial score (nSPS) is 19.6. The maximum absolute atomic E-state index is 13.2. The van der Waals surface area contributed by atoms with E-state index in [0.29, 0.717) is 45.1 Å². The standard InChI is InChI=1S/C19H26F3N3O3S/c1-13(2)25(16-6-8-24(9-7-16)18(26)14-11-23-12-14)29(27,28)17-5-3-4-15(10-17)19(20,21)22/h3-5,10,13-14,16,23H,6-9,11-12H2,1-2H3. The second-order valence-corrected chi connectivity index (χ2v) is 9.71. The maximum atomic E-state index is 13.2. The molecule has 3 rings (SSSR count). The summed E-state index contributed by atoms with van der Waals surface area (Å²) < 4.78 is 66.8. The number of carbonyl (C=O) groups is 1. The fourth-order valence-corrected chi connectivity index (χ4v) is 5.84. The van der Waals surface area contributed by atoms with Crippen LogP contribution in [0.3, 0.4) is 0 Å². The van der Waals surface area contributed by atoms with Crippen molar-refractivity contribution in [3.05, 3.63) is 29.8 Å². The second kappa shape index (κ2) is 8.23. The van der Waals surface area contributed by atoms with Crippen molar-refractivity contribution in [3.63, 3.8) is 0 Å². The number of carbonyl (C=O) groups excluding carboxylic acids is 1. The van der Waals surface area contributed by atoms with Crippen LogP contribution in [0.15, 0.2) is 29.2 Å². The van der Waals surface area contributed by atoms with Crippen LogP contribution in [0.4, 0.5) is 13.2 Å². The van der Waals surface area contributed by atoms with Crippen molar-refractivity contribution in [1.29, 1.82) is 0 Å². The van der Waals surface area contributed by atoms with E-state index in [1.54, 1.807) is 18.7 Å². The van der Waals surface area contributed by atoms with E-state index in [4.69, 9.17) is 0 Å². The van der Waals surface area contributed by atoms with E-state index in [1.165, 1.54) is 10.4 Å². The summed E-state index contributed by atoms with van der Waals surface area (Å²) in [6.45, 7) is 5.65. The Morgan fingerprint density at radius 2 is 1.83 bits per heavy atom. The van der Waals surface area contributed by atoms with Crippen LogP contribution in [0, 0.1) is 5.92 Å². The zero-order valence-electron chi connectivity index (χ0n) is 16.4. The van der Waals surface area contributed by atoms with Gasteiger partial charge in [-0.3, -0.25) is 4.79 Å². The third-order valence-corrected chi connectivity index (χ3v) is 7.64. The van der Waals surface area contributed by atoms with E-state index in [9.17, 15) is 26.4 Å². The van der Waals surface area contributed by atoms with Crippen LogP contribution in [-0.2, 0) is 21.0 Å². The molecule has 2 heterocycles. The molecule has 0 saturated carbocycles. The zero-order valence-corrected chi connectivity index (χ0v) is 17.3. The minimum absolute atomic E-state index is 0.0124. The van der Waals surface area contributed by atoms with Gasteiger partial charge in [-0.2, -0.15) is 17.5 Å². The molecule has 29 heavy (non-hydrogen) atoms. The summed E-state index contributed by atoms with van der Waals surface area (Å²) in [5.41, 5.74) is -0.989. The Hall–Kier alpha value is -1.65. The third-order valence-electron chi connectivity index (χ3n) is 5.51. The lowest BCUT2D eigenvalue weighted by molar-refractivity contribution is -0.138. The van der Waals surface area contributed by atoms with Gasteiger partial charge in [0.1, 0.15) is 0 Å². The van der Waals surface area contributed by atoms with E-state index in [2.05, 4.69) is 5.32 Å². The SMILES string of the molecule is CC(C)N(C1CCN(C(=O)C2CNC2)CC1)S(=O)(=O)c1cccc(C(F)(F)F)c1. The number of halogens is 3. The van der Waals surface area contributed by atoms with Crippen LogP contribution in [0.25, 0.3) is 0 Å². The summed E-state index contributed by atoms with van der Waals surface area (Å²) in [6.07, 6.45) is -3.69. The summed E-state index contributed by atoms with van der Waals surface area (Å²) in [5, 5.41) is 3.06. The average molecular weight is 433 g/mol. The van der Waals surface area contributed by atoms with Gasteiger partial charge in [0.15, 0.2) is 0 Å². The first-order chi connectivity index (χ1) is 13.5. The van der Waals surface area contributed by atoms with Gasteiger partial charge in [-0.05, 0) is 44.9 Å². The summed E-state index contributed by atoms with van der Waals surface area (Å²) in [4.78, 5) is 13.8. The number of piperidine rings is 1. The maximum Gasteiger partial charge on any atom is 0.416 e. The average Bonchev–Trinajstić information content (AvgIpc) is 2.60. The number of likely N-dealkylation sites (tertiary alicyclic amines) is 1. The molecule has 2 fully saturated rings. The number of amides is 1. The van der Waals surface area contributed by atoms with Crippen molar-refractivity contribution in [2.75, 3.05) is 26.2 Å². The van der Waals surface area contributed by atoms with Gasteiger partial charge in [-0.25, -0.2) is 8.42 Å². The molecule has 1 aromatic rings. The molecule has 10 heteroatoms. The molecule has 2 aliphatic rings. The second-order valence-electron chi connectivity index (χ2n) is 7.87. The first kappa shape index (κ1) is 22.0. The highest BCUT2D eigenvalue weighted by Gasteiger charge is 2.39. The van der Waals surface area contributed by atoms with Crippen molar-refractivity contribution in [2.45, 2.75) is 49.8 Å². The topological polar surface area (TPSA) is 69.7 Å². The number of nitrogens with zero attached hydrogens (tertiary/aromatic N) is 2. The largest absolute Gasteiger partial charge is 0.416 e. The van der Waals surface area contributed by atoms with E-state index >= 15 is 0 Å². The Balaban J connectivity index is 1.78. The number of nitrogens with one attached hydrogen (secondary N) is 1. The lowest BCUT2D eigenvalue weighted by Gasteiger charge is -2.41. The van der Waals surface area contributed by atoms with Crippen molar-refractivity contribution < 1.29 is 26.4 Å². The Bertz CT molecular complexity index is 846. The highest BCUT2D eigenvalue weighted by molar-refractivity contribution is 7.89. The quantitative estimate of drug-likeness (QED) is 0.774. The highest BCUT2D eigenvalue weighted by Crippen LogP contribution is 2.33. The molecular formula is C19H26F3N3O3S. The summed E-state index contributed by atoms with van der Waals surface area (Å²) in [5.74, 6) is 0.0700. The van der Waals surface area contributed by atoms with Gasteiger partial charge in [0.2, 0.25) is 15.9 Å². The zero-order chi connectivity index (χ0) is 21.4. The highest BCUT2D eigenvalue weighted by atomic mass is 32.2. The minimum atomic E-state index is -4.61. The molecule has 0 unspecified atom stereocenters. The van der Waals surface area contributed by atoms with E-state index in [-0.39, 0.29) is 22.8 Å². The molecule has 0 spiro atoms. The molecule has 0 radical (unpaired) electrons. The monoisotopic (exact) mass is 433 g/mol. The lowest BCUT2D eigenvalue weighted by atomic mass is 9.98. The molecule has 0 aromatic heterocycles. The minimum Gasteiger partial charge on any atom is -0.342 e. The predicted octanol–water partition coefficient (Wildman–Crippen LogP) is 2.31. The van der Waals surface area contributed by atoms with Crippen molar-refractivity contribution in [3.8, 4) is 0 Å². The van der Waals surface area contributed by atoms with Gasteiger partial charge in [0.05, 0.1) is 16.4 Å². The van der Waals surface area contributed by atoms with Crippen molar-refractivity contribution >= 4 is 15.9 Å². The van der Waals surface area contributed by atoms with Crippen LogP contribution in [0.5, 0.6) is 0 Å². The molecule has 0 aliphatic carbocycles. The van der Waals surface area contributed by atoms with E-state index < -0.39 is 27.8 Å². The molecule has 1 N–H and O–H groups in total. The fraction of sp³-hybridized carbons (Fsp3) is 0.632. The predicted molar refractivity (Wildman–Crippen MR) is 102 cm³/mol. The van der Waals surface area contributed by atoms with Gasteiger partial charge in [0, 0.05) is 38.3 Å². The Kier molecular flexibility index (Phi) is 6.26. The lowest BCUT2D eigenvalue weighted by Crippen LogP contribution is -2.56. The molecule has 0 atom stereocenters.